The molecule has 1 amide bonds. The van der Waals surface area contributed by atoms with Crippen LogP contribution in [0, 0.1) is 0 Å². The first-order valence-electron chi connectivity index (χ1n) is 7.45. The van der Waals surface area contributed by atoms with Gasteiger partial charge in [0.15, 0.2) is 4.32 Å². The molecular weight excluding hydrogens is 397 g/mol. The zero-order valence-electron chi connectivity index (χ0n) is 13.2. The first-order chi connectivity index (χ1) is 12.0. The highest BCUT2D eigenvalue weighted by atomic mass is 35.5. The molecule has 0 spiro atoms. The van der Waals surface area contributed by atoms with Crippen molar-refractivity contribution in [2.75, 3.05) is 11.5 Å². The molecule has 0 atom stereocenters. The van der Waals surface area contributed by atoms with E-state index in [1.165, 1.54) is 16.7 Å². The summed E-state index contributed by atoms with van der Waals surface area (Å²) in [5, 5.41) is 0.806. The molecule has 0 bridgehead atoms. The fourth-order valence-electron chi connectivity index (χ4n) is 2.33. The van der Waals surface area contributed by atoms with Crippen molar-refractivity contribution >= 4 is 69.2 Å². The average molecular weight is 410 g/mol. The third kappa shape index (κ3) is 4.01. The van der Waals surface area contributed by atoms with Crippen LogP contribution in [0.25, 0.3) is 6.08 Å². The summed E-state index contributed by atoms with van der Waals surface area (Å²) in [4.78, 5) is 14.8. The lowest BCUT2D eigenvalue weighted by Gasteiger charge is -2.15. The molecule has 25 heavy (non-hydrogen) atoms. The van der Waals surface area contributed by atoms with E-state index in [1.807, 2.05) is 31.2 Å². The van der Waals surface area contributed by atoms with Crippen LogP contribution in [-0.4, -0.2) is 16.8 Å². The molecule has 2 aromatic carbocycles. The number of halogens is 2. The number of hydrogen-bond acceptors (Lipinski definition) is 4. The molecule has 0 aliphatic carbocycles. The standard InChI is InChI=1S/C18H13Cl2NO2S2/c1-2-23-13-5-3-4-11(8-13)9-16-17(22)21(18(24)25-16)12-6-7-14(19)15(20)10-12/h3-10H,2H2,1H3/b16-9+. The quantitative estimate of drug-likeness (QED) is 0.471. The third-order valence-electron chi connectivity index (χ3n) is 3.42. The molecule has 0 aromatic heterocycles. The van der Waals surface area contributed by atoms with Gasteiger partial charge in [-0.2, -0.15) is 0 Å². The highest BCUT2D eigenvalue weighted by Crippen LogP contribution is 2.38. The summed E-state index contributed by atoms with van der Waals surface area (Å²) in [6.07, 6.45) is 1.80. The Kier molecular flexibility index (Phi) is 5.69. The van der Waals surface area contributed by atoms with Crippen LogP contribution in [0.15, 0.2) is 47.4 Å². The van der Waals surface area contributed by atoms with Crippen LogP contribution < -0.4 is 9.64 Å². The maximum absolute atomic E-state index is 12.8. The molecule has 3 rings (SSSR count). The lowest BCUT2D eigenvalue weighted by molar-refractivity contribution is -0.113. The Labute approximate surface area is 165 Å². The summed E-state index contributed by atoms with van der Waals surface area (Å²) < 4.78 is 5.94. The van der Waals surface area contributed by atoms with E-state index >= 15 is 0 Å². The number of thioether (sulfide) groups is 1. The van der Waals surface area contributed by atoms with Crippen LogP contribution in [-0.2, 0) is 4.79 Å². The molecule has 1 aliphatic heterocycles. The summed E-state index contributed by atoms with van der Waals surface area (Å²) in [5.74, 6) is 0.575. The number of rotatable bonds is 4. The predicted molar refractivity (Wildman–Crippen MR) is 110 cm³/mol. The number of carbonyl (C=O) groups excluding carboxylic acids is 1. The number of benzene rings is 2. The molecule has 7 heteroatoms. The van der Waals surface area contributed by atoms with Gasteiger partial charge < -0.3 is 4.74 Å². The Balaban J connectivity index is 1.90. The van der Waals surface area contributed by atoms with E-state index in [-0.39, 0.29) is 5.91 Å². The van der Waals surface area contributed by atoms with Gasteiger partial charge in [-0.1, -0.05) is 59.3 Å². The van der Waals surface area contributed by atoms with E-state index in [0.29, 0.717) is 31.6 Å². The summed E-state index contributed by atoms with van der Waals surface area (Å²) in [6, 6.07) is 12.6. The van der Waals surface area contributed by atoms with E-state index in [0.717, 1.165) is 11.3 Å². The Morgan fingerprint density at radius 2 is 2.00 bits per heavy atom. The zero-order chi connectivity index (χ0) is 18.0. The highest BCUT2D eigenvalue weighted by molar-refractivity contribution is 8.27. The maximum atomic E-state index is 12.8. The SMILES string of the molecule is CCOc1cccc(/C=C2/SC(=S)N(c3ccc(Cl)c(Cl)c3)C2=O)c1. The number of thiocarbonyl (C=S) groups is 1. The molecule has 1 aliphatic rings. The van der Waals surface area contributed by atoms with Gasteiger partial charge in [0.25, 0.3) is 5.91 Å². The van der Waals surface area contributed by atoms with Crippen molar-refractivity contribution in [3.05, 3.63) is 63.0 Å². The van der Waals surface area contributed by atoms with Gasteiger partial charge in [0, 0.05) is 0 Å². The second-order valence-corrected chi connectivity index (χ2v) is 7.61. The van der Waals surface area contributed by atoms with Gasteiger partial charge in [-0.3, -0.25) is 9.69 Å². The minimum atomic E-state index is -0.185. The van der Waals surface area contributed by atoms with Gasteiger partial charge in [0.1, 0.15) is 5.75 Å². The molecule has 1 heterocycles. The van der Waals surface area contributed by atoms with Crippen molar-refractivity contribution in [3.8, 4) is 5.75 Å². The van der Waals surface area contributed by atoms with Gasteiger partial charge in [0.05, 0.1) is 27.2 Å². The lowest BCUT2D eigenvalue weighted by atomic mass is 10.2. The molecule has 128 valence electrons. The van der Waals surface area contributed by atoms with Crippen LogP contribution in [0.4, 0.5) is 5.69 Å². The Bertz CT molecular complexity index is 883. The van der Waals surface area contributed by atoms with Crippen molar-refractivity contribution in [2.45, 2.75) is 6.92 Å². The monoisotopic (exact) mass is 409 g/mol. The molecule has 3 nitrogen and oxygen atoms in total. The second-order valence-electron chi connectivity index (χ2n) is 5.12. The van der Waals surface area contributed by atoms with Gasteiger partial charge in [-0.25, -0.2) is 0 Å². The highest BCUT2D eigenvalue weighted by Gasteiger charge is 2.33. The normalized spacial score (nSPS) is 16.0. The molecular formula is C18H13Cl2NO2S2. The van der Waals surface area contributed by atoms with Crippen LogP contribution in [0.3, 0.4) is 0 Å². The van der Waals surface area contributed by atoms with Crippen LogP contribution in [0.2, 0.25) is 10.0 Å². The largest absolute Gasteiger partial charge is 0.494 e. The van der Waals surface area contributed by atoms with E-state index in [2.05, 4.69) is 0 Å². The van der Waals surface area contributed by atoms with Crippen LogP contribution in [0.5, 0.6) is 5.75 Å². The Hall–Kier alpha value is -1.53. The molecule has 1 fully saturated rings. The smallest absolute Gasteiger partial charge is 0.270 e. The molecule has 1 saturated heterocycles. The lowest BCUT2D eigenvalue weighted by Crippen LogP contribution is -2.27. The zero-order valence-corrected chi connectivity index (χ0v) is 16.3. The second kappa shape index (κ2) is 7.79. The van der Waals surface area contributed by atoms with Crippen molar-refractivity contribution in [1.82, 2.24) is 0 Å². The van der Waals surface area contributed by atoms with Crippen molar-refractivity contribution < 1.29 is 9.53 Å². The minimum absolute atomic E-state index is 0.185. The van der Waals surface area contributed by atoms with Crippen molar-refractivity contribution in [2.24, 2.45) is 0 Å². The third-order valence-corrected chi connectivity index (χ3v) is 5.46. The van der Waals surface area contributed by atoms with Gasteiger partial charge in [-0.15, -0.1) is 0 Å². The fraction of sp³-hybridized carbons (Fsp3) is 0.111. The molecule has 2 aromatic rings. The van der Waals surface area contributed by atoms with E-state index in [4.69, 9.17) is 40.2 Å². The minimum Gasteiger partial charge on any atom is -0.494 e. The number of nitrogens with zero attached hydrogens (tertiary/aromatic N) is 1. The van der Waals surface area contributed by atoms with Crippen molar-refractivity contribution in [3.63, 3.8) is 0 Å². The topological polar surface area (TPSA) is 29.5 Å². The molecule has 0 saturated carbocycles. The predicted octanol–water partition coefficient (Wildman–Crippen LogP) is 5.80. The molecule has 0 radical (unpaired) electrons. The number of hydrogen-bond donors (Lipinski definition) is 0. The Morgan fingerprint density at radius 3 is 2.72 bits per heavy atom. The molecule has 0 unspecified atom stereocenters. The van der Waals surface area contributed by atoms with E-state index in [9.17, 15) is 4.79 Å². The average Bonchev–Trinajstić information content (AvgIpc) is 2.85. The van der Waals surface area contributed by atoms with Gasteiger partial charge in [0.2, 0.25) is 0 Å². The summed E-state index contributed by atoms with van der Waals surface area (Å²) in [5.41, 5.74) is 1.48. The number of ether oxygens (including phenoxy) is 1. The van der Waals surface area contributed by atoms with E-state index in [1.54, 1.807) is 24.3 Å². The van der Waals surface area contributed by atoms with Crippen molar-refractivity contribution in [1.29, 1.82) is 0 Å². The fourth-order valence-corrected chi connectivity index (χ4v) is 3.92. The van der Waals surface area contributed by atoms with Gasteiger partial charge in [-0.05, 0) is 48.9 Å². The number of anilines is 1. The Morgan fingerprint density at radius 1 is 1.20 bits per heavy atom. The first kappa shape index (κ1) is 18.3. The van der Waals surface area contributed by atoms with Gasteiger partial charge >= 0.3 is 0 Å². The maximum Gasteiger partial charge on any atom is 0.270 e. The van der Waals surface area contributed by atoms with Crippen LogP contribution >= 0.6 is 47.2 Å². The molecule has 0 N–H and O–H groups in total. The summed E-state index contributed by atoms with van der Waals surface area (Å²) in [7, 11) is 0. The number of carbonyl (C=O) groups is 1. The summed E-state index contributed by atoms with van der Waals surface area (Å²) >= 11 is 18.6. The van der Waals surface area contributed by atoms with Crippen LogP contribution in [0.1, 0.15) is 12.5 Å². The number of amides is 1. The van der Waals surface area contributed by atoms with E-state index < -0.39 is 0 Å². The first-order valence-corrected chi connectivity index (χ1v) is 9.43. The summed E-state index contributed by atoms with van der Waals surface area (Å²) in [6.45, 7) is 2.51.